The Bertz CT molecular complexity index is 634. The second-order valence-electron chi connectivity index (χ2n) is 9.73. The zero-order valence-electron chi connectivity index (χ0n) is 17.0. The Kier molecular flexibility index (Phi) is 4.98. The van der Waals surface area contributed by atoms with Crippen LogP contribution in [0.1, 0.15) is 70.6 Å². The fraction of sp³-hybridized carbons (Fsp3) is 0.826. The van der Waals surface area contributed by atoms with Gasteiger partial charge in [-0.3, -0.25) is 9.59 Å². The zero-order valence-corrected chi connectivity index (χ0v) is 17.0. The van der Waals surface area contributed by atoms with E-state index in [0.29, 0.717) is 11.8 Å². The molecule has 0 aromatic heterocycles. The van der Waals surface area contributed by atoms with E-state index in [2.05, 4.69) is 17.1 Å². The standard InChI is InChI=1S/C23H34N2O3/c26-21(18-6-2-3-7-18)24-14-10-19(11-15-24)25-22(27)20(28-16-17-8-9-17)23(25)12-4-1-5-13-23/h2-3,17-20H,1,4-16H2. The van der Waals surface area contributed by atoms with Gasteiger partial charge < -0.3 is 14.5 Å². The summed E-state index contributed by atoms with van der Waals surface area (Å²) in [4.78, 5) is 30.1. The van der Waals surface area contributed by atoms with Crippen molar-refractivity contribution in [3.63, 3.8) is 0 Å². The number of rotatable bonds is 5. The molecule has 28 heavy (non-hydrogen) atoms. The Labute approximate surface area is 168 Å². The largest absolute Gasteiger partial charge is 0.366 e. The van der Waals surface area contributed by atoms with Gasteiger partial charge >= 0.3 is 0 Å². The molecule has 0 bridgehead atoms. The van der Waals surface area contributed by atoms with Crippen molar-refractivity contribution in [2.45, 2.75) is 88.3 Å². The predicted molar refractivity (Wildman–Crippen MR) is 107 cm³/mol. The van der Waals surface area contributed by atoms with Crippen molar-refractivity contribution < 1.29 is 14.3 Å². The quantitative estimate of drug-likeness (QED) is 0.538. The van der Waals surface area contributed by atoms with Crippen LogP contribution in [0.25, 0.3) is 0 Å². The minimum absolute atomic E-state index is 0.0452. The molecule has 1 unspecified atom stereocenters. The highest BCUT2D eigenvalue weighted by molar-refractivity contribution is 5.91. The SMILES string of the molecule is O=C(C1CC=CC1)N1CCC(N2C(=O)C(OCC3CC3)C23CCCCC3)CC1. The molecule has 2 amide bonds. The van der Waals surface area contributed by atoms with Crippen LogP contribution in [0.5, 0.6) is 0 Å². The Balaban J connectivity index is 1.22. The van der Waals surface area contributed by atoms with Crippen molar-refractivity contribution >= 4 is 11.8 Å². The molecule has 5 rings (SSSR count). The average molecular weight is 387 g/mol. The summed E-state index contributed by atoms with van der Waals surface area (Å²) < 4.78 is 6.19. The lowest BCUT2D eigenvalue weighted by Gasteiger charge is -2.62. The van der Waals surface area contributed by atoms with Gasteiger partial charge in [-0.25, -0.2) is 0 Å². The van der Waals surface area contributed by atoms with Crippen LogP contribution >= 0.6 is 0 Å². The summed E-state index contributed by atoms with van der Waals surface area (Å²) in [7, 11) is 0. The van der Waals surface area contributed by atoms with Crippen LogP contribution < -0.4 is 0 Å². The molecular formula is C23H34N2O3. The van der Waals surface area contributed by atoms with E-state index in [1.54, 1.807) is 0 Å². The topological polar surface area (TPSA) is 49.9 Å². The summed E-state index contributed by atoms with van der Waals surface area (Å²) in [6, 6.07) is 0.289. The van der Waals surface area contributed by atoms with Crippen LogP contribution in [0, 0.1) is 11.8 Å². The van der Waals surface area contributed by atoms with E-state index in [9.17, 15) is 9.59 Å². The third-order valence-corrected chi connectivity index (χ3v) is 7.84. The lowest BCUT2D eigenvalue weighted by Crippen LogP contribution is -2.78. The first-order valence-electron chi connectivity index (χ1n) is 11.6. The first-order chi connectivity index (χ1) is 13.7. The van der Waals surface area contributed by atoms with E-state index in [1.807, 2.05) is 4.90 Å². The smallest absolute Gasteiger partial charge is 0.254 e. The molecule has 0 N–H and O–H groups in total. The number of β-lactam (4-membered cyclic amide) rings is 1. The van der Waals surface area contributed by atoms with E-state index >= 15 is 0 Å². The highest BCUT2D eigenvalue weighted by atomic mass is 16.5. The summed E-state index contributed by atoms with van der Waals surface area (Å²) >= 11 is 0. The van der Waals surface area contributed by atoms with E-state index < -0.39 is 0 Å². The van der Waals surface area contributed by atoms with Gasteiger partial charge in [0.15, 0.2) is 6.10 Å². The van der Waals surface area contributed by atoms with Gasteiger partial charge in [0, 0.05) is 25.0 Å². The van der Waals surface area contributed by atoms with Crippen LogP contribution in [-0.4, -0.2) is 59.0 Å². The number of ether oxygens (including phenoxy) is 1. The summed E-state index contributed by atoms with van der Waals surface area (Å²) in [5.41, 5.74) is -0.0452. The molecule has 0 radical (unpaired) electrons. The molecular weight excluding hydrogens is 352 g/mol. The molecule has 3 aliphatic carbocycles. The van der Waals surface area contributed by atoms with Gasteiger partial charge in [0.25, 0.3) is 5.91 Å². The van der Waals surface area contributed by atoms with Crippen molar-refractivity contribution in [2.75, 3.05) is 19.7 Å². The minimum Gasteiger partial charge on any atom is -0.366 e. The second kappa shape index (κ2) is 7.47. The van der Waals surface area contributed by atoms with Crippen LogP contribution in [0.4, 0.5) is 0 Å². The lowest BCUT2D eigenvalue weighted by molar-refractivity contribution is -0.211. The number of amides is 2. The molecule has 1 spiro atoms. The van der Waals surface area contributed by atoms with Gasteiger partial charge in [-0.1, -0.05) is 31.4 Å². The minimum atomic E-state index is -0.197. The second-order valence-corrected chi connectivity index (χ2v) is 9.73. The zero-order chi connectivity index (χ0) is 19.1. The lowest BCUT2D eigenvalue weighted by atomic mass is 9.68. The van der Waals surface area contributed by atoms with E-state index in [0.717, 1.165) is 58.2 Å². The van der Waals surface area contributed by atoms with E-state index in [4.69, 9.17) is 4.74 Å². The molecule has 0 aromatic rings. The molecule has 5 nitrogen and oxygen atoms in total. The van der Waals surface area contributed by atoms with Gasteiger partial charge in [-0.15, -0.1) is 0 Å². The van der Waals surface area contributed by atoms with Gasteiger partial charge in [0.2, 0.25) is 5.91 Å². The molecule has 5 heteroatoms. The molecule has 0 aromatic carbocycles. The summed E-state index contributed by atoms with van der Waals surface area (Å²) in [5, 5.41) is 0. The monoisotopic (exact) mass is 386 g/mol. The molecule has 2 aliphatic heterocycles. The number of likely N-dealkylation sites (tertiary alicyclic amines) is 2. The van der Waals surface area contributed by atoms with Crippen LogP contribution in [0.3, 0.4) is 0 Å². The van der Waals surface area contributed by atoms with Gasteiger partial charge in [0.05, 0.1) is 12.1 Å². The average Bonchev–Trinajstić information content (AvgIpc) is 3.39. The first-order valence-corrected chi connectivity index (χ1v) is 11.6. The van der Waals surface area contributed by atoms with Crippen molar-refractivity contribution in [1.82, 2.24) is 9.80 Å². The summed E-state index contributed by atoms with van der Waals surface area (Å²) in [6.45, 7) is 2.37. The first kappa shape index (κ1) is 18.7. The Morgan fingerprint density at radius 2 is 1.71 bits per heavy atom. The number of piperidine rings is 1. The normalized spacial score (nSPS) is 30.9. The maximum atomic E-state index is 13.1. The fourth-order valence-electron chi connectivity index (χ4n) is 6.01. The summed E-state index contributed by atoms with van der Waals surface area (Å²) in [6.07, 6.45) is 16.1. The molecule has 4 fully saturated rings. The molecule has 154 valence electrons. The van der Waals surface area contributed by atoms with Crippen molar-refractivity contribution in [2.24, 2.45) is 11.8 Å². The van der Waals surface area contributed by atoms with Crippen molar-refractivity contribution in [3.8, 4) is 0 Å². The summed E-state index contributed by atoms with van der Waals surface area (Å²) in [5.74, 6) is 1.40. The van der Waals surface area contributed by atoms with Crippen LogP contribution in [0.15, 0.2) is 12.2 Å². The number of hydrogen-bond acceptors (Lipinski definition) is 3. The Morgan fingerprint density at radius 1 is 1.04 bits per heavy atom. The number of hydrogen-bond donors (Lipinski definition) is 0. The molecule has 2 heterocycles. The predicted octanol–water partition coefficient (Wildman–Crippen LogP) is 3.28. The highest BCUT2D eigenvalue weighted by Crippen LogP contribution is 2.48. The molecule has 1 atom stereocenters. The number of allylic oxidation sites excluding steroid dienone is 2. The number of carbonyl (C=O) groups excluding carboxylic acids is 2. The van der Waals surface area contributed by atoms with Crippen molar-refractivity contribution in [1.29, 1.82) is 0 Å². The van der Waals surface area contributed by atoms with Crippen LogP contribution in [0.2, 0.25) is 0 Å². The number of nitrogens with zero attached hydrogens (tertiary/aromatic N) is 2. The molecule has 2 saturated heterocycles. The number of carbonyl (C=O) groups is 2. The van der Waals surface area contributed by atoms with E-state index in [-0.39, 0.29) is 29.5 Å². The third kappa shape index (κ3) is 3.20. The maximum Gasteiger partial charge on any atom is 0.254 e. The highest BCUT2D eigenvalue weighted by Gasteiger charge is 2.62. The van der Waals surface area contributed by atoms with Crippen molar-refractivity contribution in [3.05, 3.63) is 12.2 Å². The molecule has 5 aliphatic rings. The fourth-order valence-corrected chi connectivity index (χ4v) is 6.01. The Morgan fingerprint density at radius 3 is 2.36 bits per heavy atom. The van der Waals surface area contributed by atoms with Gasteiger partial charge in [-0.05, 0) is 57.3 Å². The van der Waals surface area contributed by atoms with Gasteiger partial charge in [-0.2, -0.15) is 0 Å². The van der Waals surface area contributed by atoms with Gasteiger partial charge in [0.1, 0.15) is 0 Å². The Hall–Kier alpha value is -1.36. The third-order valence-electron chi connectivity index (χ3n) is 7.84. The molecule has 2 saturated carbocycles. The van der Waals surface area contributed by atoms with Crippen LogP contribution in [-0.2, 0) is 14.3 Å². The van der Waals surface area contributed by atoms with E-state index in [1.165, 1.54) is 32.1 Å². The maximum absolute atomic E-state index is 13.1.